The monoisotopic (exact) mass is 387 g/mol. The first-order valence-corrected chi connectivity index (χ1v) is 10.1. The number of rotatable bonds is 6. The largest absolute Gasteiger partial charge is 0.507 e. The van der Waals surface area contributed by atoms with Crippen molar-refractivity contribution in [2.75, 3.05) is 5.73 Å². The summed E-state index contributed by atoms with van der Waals surface area (Å²) in [6.45, 7) is 2.06. The van der Waals surface area contributed by atoms with Crippen LogP contribution < -0.4 is 11.4 Å². The van der Waals surface area contributed by atoms with Crippen molar-refractivity contribution in [2.45, 2.75) is 38.5 Å². The summed E-state index contributed by atoms with van der Waals surface area (Å²) in [6.07, 6.45) is 3.38. The Morgan fingerprint density at radius 2 is 1.86 bits per heavy atom. The minimum atomic E-state index is -0.497. The van der Waals surface area contributed by atoms with Gasteiger partial charge in [-0.1, -0.05) is 55.0 Å². The number of hydrogen-bond donors (Lipinski definition) is 2. The molecule has 0 amide bonds. The van der Waals surface area contributed by atoms with Gasteiger partial charge in [-0.25, -0.2) is 4.79 Å². The SMILES string of the molecule is CC[C@H](Cc1ccccc1)c1cc(O)c(C(=C2CC2)c2cccc(N)c2)c(=O)o1. The molecule has 4 nitrogen and oxygen atoms in total. The number of benzene rings is 2. The summed E-state index contributed by atoms with van der Waals surface area (Å²) in [5, 5.41) is 10.8. The summed E-state index contributed by atoms with van der Waals surface area (Å²) in [5.41, 5.74) is 10.2. The van der Waals surface area contributed by atoms with Gasteiger partial charge in [-0.2, -0.15) is 0 Å². The van der Waals surface area contributed by atoms with Crippen molar-refractivity contribution in [3.05, 3.63) is 99.1 Å². The van der Waals surface area contributed by atoms with Gasteiger partial charge in [0.05, 0.1) is 0 Å². The number of nitrogens with two attached hydrogens (primary N) is 1. The third-order valence-corrected chi connectivity index (χ3v) is 5.45. The highest BCUT2D eigenvalue weighted by Crippen LogP contribution is 2.42. The fraction of sp³-hybridized carbons (Fsp3) is 0.240. The van der Waals surface area contributed by atoms with E-state index in [1.165, 1.54) is 5.56 Å². The minimum Gasteiger partial charge on any atom is -0.507 e. The van der Waals surface area contributed by atoms with E-state index in [1.807, 2.05) is 36.4 Å². The van der Waals surface area contributed by atoms with Gasteiger partial charge in [-0.15, -0.1) is 0 Å². The van der Waals surface area contributed by atoms with Gasteiger partial charge < -0.3 is 15.3 Å². The van der Waals surface area contributed by atoms with E-state index in [-0.39, 0.29) is 17.2 Å². The zero-order valence-corrected chi connectivity index (χ0v) is 16.5. The normalized spacial score (nSPS) is 13.9. The van der Waals surface area contributed by atoms with Gasteiger partial charge >= 0.3 is 5.63 Å². The lowest BCUT2D eigenvalue weighted by Crippen LogP contribution is -2.12. The maximum Gasteiger partial charge on any atom is 0.347 e. The number of hydrogen-bond acceptors (Lipinski definition) is 4. The molecule has 4 heteroatoms. The number of anilines is 1. The van der Waals surface area contributed by atoms with E-state index in [2.05, 4.69) is 19.1 Å². The second-order valence-electron chi connectivity index (χ2n) is 7.60. The molecule has 2 aromatic carbocycles. The van der Waals surface area contributed by atoms with Crippen LogP contribution in [0.15, 0.2) is 75.4 Å². The van der Waals surface area contributed by atoms with Crippen molar-refractivity contribution in [2.24, 2.45) is 0 Å². The van der Waals surface area contributed by atoms with Crippen LogP contribution in [0.4, 0.5) is 5.69 Å². The quantitative estimate of drug-likeness (QED) is 0.566. The molecule has 3 aromatic rings. The second-order valence-corrected chi connectivity index (χ2v) is 7.60. The standard InChI is InChI=1S/C25H25NO3/c1-2-17(13-16-7-4-3-5-8-16)22-15-21(27)24(25(28)29-22)23(18-11-12-18)19-9-6-10-20(26)14-19/h3-10,14-15,17,27H,2,11-13,26H2,1H3/t17-/m1/s1. The first-order chi connectivity index (χ1) is 14.1. The number of aromatic hydroxyl groups is 1. The molecule has 3 N–H and O–H groups in total. The molecule has 1 fully saturated rings. The zero-order chi connectivity index (χ0) is 20.4. The van der Waals surface area contributed by atoms with Crippen molar-refractivity contribution in [1.29, 1.82) is 0 Å². The molecule has 1 aliphatic carbocycles. The molecular weight excluding hydrogens is 362 g/mol. The number of nitrogen functional groups attached to an aromatic ring is 1. The van der Waals surface area contributed by atoms with Gasteiger partial charge in [0.1, 0.15) is 17.1 Å². The third kappa shape index (κ3) is 4.11. The Balaban J connectivity index is 1.74. The number of allylic oxidation sites excluding steroid dienone is 1. The van der Waals surface area contributed by atoms with Crippen LogP contribution >= 0.6 is 0 Å². The van der Waals surface area contributed by atoms with Gasteiger partial charge in [-0.3, -0.25) is 0 Å². The van der Waals surface area contributed by atoms with E-state index in [0.717, 1.165) is 42.4 Å². The van der Waals surface area contributed by atoms with E-state index >= 15 is 0 Å². The van der Waals surface area contributed by atoms with Gasteiger partial charge in [0.15, 0.2) is 0 Å². The van der Waals surface area contributed by atoms with E-state index in [4.69, 9.17) is 10.2 Å². The molecular formula is C25H25NO3. The van der Waals surface area contributed by atoms with E-state index in [1.54, 1.807) is 12.1 Å². The van der Waals surface area contributed by atoms with Gasteiger partial charge in [0.2, 0.25) is 0 Å². The molecule has 0 saturated heterocycles. The first kappa shape index (κ1) is 19.1. The predicted molar refractivity (Wildman–Crippen MR) is 116 cm³/mol. The molecule has 4 rings (SSSR count). The Bertz CT molecular complexity index is 1110. The maximum absolute atomic E-state index is 13.0. The maximum atomic E-state index is 13.0. The van der Waals surface area contributed by atoms with Crippen LogP contribution in [0.1, 0.15) is 54.6 Å². The second kappa shape index (κ2) is 8.00. The summed E-state index contributed by atoms with van der Waals surface area (Å²) < 4.78 is 5.74. The highest BCUT2D eigenvalue weighted by molar-refractivity contribution is 5.86. The summed E-state index contributed by atoms with van der Waals surface area (Å²) in [4.78, 5) is 13.0. The molecule has 0 spiro atoms. The highest BCUT2D eigenvalue weighted by atomic mass is 16.4. The Morgan fingerprint density at radius 3 is 2.48 bits per heavy atom. The average molecular weight is 387 g/mol. The van der Waals surface area contributed by atoms with Crippen LogP contribution in [0.5, 0.6) is 5.75 Å². The molecule has 0 radical (unpaired) electrons. The van der Waals surface area contributed by atoms with Crippen LogP contribution in [0.3, 0.4) is 0 Å². The molecule has 0 aliphatic heterocycles. The highest BCUT2D eigenvalue weighted by Gasteiger charge is 2.27. The molecule has 29 heavy (non-hydrogen) atoms. The average Bonchev–Trinajstić information content (AvgIpc) is 3.54. The summed E-state index contributed by atoms with van der Waals surface area (Å²) in [6, 6.07) is 19.1. The lowest BCUT2D eigenvalue weighted by Gasteiger charge is -2.16. The fourth-order valence-electron chi connectivity index (χ4n) is 3.81. The lowest BCUT2D eigenvalue weighted by atomic mass is 9.92. The lowest BCUT2D eigenvalue weighted by molar-refractivity contribution is 0.392. The topological polar surface area (TPSA) is 76.5 Å². The molecule has 1 atom stereocenters. The molecule has 1 saturated carbocycles. The van der Waals surface area contributed by atoms with Crippen molar-refractivity contribution >= 4 is 11.3 Å². The summed E-state index contributed by atoms with van der Waals surface area (Å²) in [5.74, 6) is 0.518. The smallest absolute Gasteiger partial charge is 0.347 e. The van der Waals surface area contributed by atoms with Crippen LogP contribution in [0.2, 0.25) is 0 Å². The third-order valence-electron chi connectivity index (χ3n) is 5.45. The van der Waals surface area contributed by atoms with Gasteiger partial charge in [0.25, 0.3) is 0 Å². The van der Waals surface area contributed by atoms with Crippen molar-refractivity contribution < 1.29 is 9.52 Å². The van der Waals surface area contributed by atoms with E-state index in [0.29, 0.717) is 11.4 Å². The molecule has 1 aliphatic rings. The summed E-state index contributed by atoms with van der Waals surface area (Å²) in [7, 11) is 0. The van der Waals surface area contributed by atoms with Crippen LogP contribution in [0.25, 0.3) is 5.57 Å². The first-order valence-electron chi connectivity index (χ1n) is 10.1. The molecule has 1 aromatic heterocycles. The van der Waals surface area contributed by atoms with E-state index in [9.17, 15) is 9.90 Å². The zero-order valence-electron chi connectivity index (χ0n) is 16.5. The Hall–Kier alpha value is -3.27. The molecule has 0 unspecified atom stereocenters. The predicted octanol–water partition coefficient (Wildman–Crippen LogP) is 5.26. The van der Waals surface area contributed by atoms with Crippen LogP contribution in [-0.4, -0.2) is 5.11 Å². The fourth-order valence-corrected chi connectivity index (χ4v) is 3.81. The Labute approximate surface area is 170 Å². The van der Waals surface area contributed by atoms with Crippen LogP contribution in [-0.2, 0) is 6.42 Å². The Morgan fingerprint density at radius 1 is 1.10 bits per heavy atom. The minimum absolute atomic E-state index is 0.0226. The molecule has 1 heterocycles. The Kier molecular flexibility index (Phi) is 5.26. The van der Waals surface area contributed by atoms with E-state index < -0.39 is 5.63 Å². The van der Waals surface area contributed by atoms with Crippen LogP contribution in [0, 0.1) is 0 Å². The van der Waals surface area contributed by atoms with Crippen molar-refractivity contribution in [3.63, 3.8) is 0 Å². The van der Waals surface area contributed by atoms with Gasteiger partial charge in [-0.05, 0) is 54.5 Å². The summed E-state index contributed by atoms with van der Waals surface area (Å²) >= 11 is 0. The molecule has 0 bridgehead atoms. The van der Waals surface area contributed by atoms with Gasteiger partial charge in [0, 0.05) is 17.7 Å². The molecule has 148 valence electrons. The van der Waals surface area contributed by atoms with Crippen molar-refractivity contribution in [3.8, 4) is 5.75 Å². The van der Waals surface area contributed by atoms with Crippen molar-refractivity contribution in [1.82, 2.24) is 0 Å².